The van der Waals surface area contributed by atoms with Gasteiger partial charge >= 0.3 is 6.18 Å². The van der Waals surface area contributed by atoms with Crippen LogP contribution in [0.2, 0.25) is 0 Å². The van der Waals surface area contributed by atoms with Crippen molar-refractivity contribution in [1.82, 2.24) is 5.43 Å². The van der Waals surface area contributed by atoms with Gasteiger partial charge < -0.3 is 0 Å². The monoisotopic (exact) mass is 264 g/mol. The molecule has 1 unspecified atom stereocenters. The van der Waals surface area contributed by atoms with Crippen molar-refractivity contribution in [3.05, 3.63) is 35.4 Å². The summed E-state index contributed by atoms with van der Waals surface area (Å²) in [5.41, 5.74) is 2.04. The van der Waals surface area contributed by atoms with E-state index in [1.807, 2.05) is 6.26 Å². The molecule has 1 aromatic carbocycles. The van der Waals surface area contributed by atoms with Crippen LogP contribution in [0.5, 0.6) is 0 Å². The lowest BCUT2D eigenvalue weighted by Crippen LogP contribution is -2.30. The zero-order chi connectivity index (χ0) is 12.9. The van der Waals surface area contributed by atoms with Crippen LogP contribution in [0.3, 0.4) is 0 Å². The van der Waals surface area contributed by atoms with Gasteiger partial charge in [-0.25, -0.2) is 0 Å². The van der Waals surface area contributed by atoms with Gasteiger partial charge in [0.15, 0.2) is 0 Å². The third-order valence-corrected chi connectivity index (χ3v) is 3.10. The Hall–Kier alpha value is -0.720. The Morgan fingerprint density at radius 1 is 1.35 bits per heavy atom. The molecule has 1 rings (SSSR count). The van der Waals surface area contributed by atoms with E-state index >= 15 is 0 Å². The highest BCUT2D eigenvalue weighted by molar-refractivity contribution is 7.98. The van der Waals surface area contributed by atoms with Crippen molar-refractivity contribution in [3.63, 3.8) is 0 Å². The lowest BCUT2D eigenvalue weighted by molar-refractivity contribution is -0.138. The third kappa shape index (κ3) is 3.90. The summed E-state index contributed by atoms with van der Waals surface area (Å²) < 4.78 is 38.4. The van der Waals surface area contributed by atoms with Gasteiger partial charge in [0.25, 0.3) is 0 Å². The molecule has 0 aromatic heterocycles. The maximum Gasteiger partial charge on any atom is 0.416 e. The Morgan fingerprint density at radius 2 is 2.00 bits per heavy atom. The van der Waals surface area contributed by atoms with Gasteiger partial charge in [0.2, 0.25) is 0 Å². The minimum Gasteiger partial charge on any atom is -0.271 e. The molecule has 0 bridgehead atoms. The van der Waals surface area contributed by atoms with Crippen LogP contribution in [0.1, 0.15) is 23.6 Å². The number of hydrazine groups is 1. The first-order valence-corrected chi connectivity index (χ1v) is 6.51. The summed E-state index contributed by atoms with van der Waals surface area (Å²) in [6.07, 6.45) is -1.88. The van der Waals surface area contributed by atoms with E-state index in [1.54, 1.807) is 17.8 Å². The quantitative estimate of drug-likeness (QED) is 0.634. The molecule has 0 aliphatic heterocycles. The summed E-state index contributed by atoms with van der Waals surface area (Å²) in [4.78, 5) is 0. The van der Waals surface area contributed by atoms with Crippen molar-refractivity contribution in [2.45, 2.75) is 18.6 Å². The Balaban J connectivity index is 3.02. The van der Waals surface area contributed by atoms with Gasteiger partial charge in [0.05, 0.1) is 5.56 Å². The summed E-state index contributed by atoms with van der Waals surface area (Å²) >= 11 is 1.58. The van der Waals surface area contributed by atoms with Crippen molar-refractivity contribution in [2.24, 2.45) is 5.84 Å². The molecule has 2 nitrogen and oxygen atoms in total. The standard InChI is InChI=1S/C11H15F3N2S/c1-17-7-6-10(16-15)8-4-2-3-5-9(8)11(12,13)14/h2-5,10,16H,6-7,15H2,1H3. The topological polar surface area (TPSA) is 38.0 Å². The summed E-state index contributed by atoms with van der Waals surface area (Å²) in [6, 6.07) is 5.05. The van der Waals surface area contributed by atoms with E-state index in [4.69, 9.17) is 5.84 Å². The van der Waals surface area contributed by atoms with E-state index in [-0.39, 0.29) is 5.56 Å². The van der Waals surface area contributed by atoms with Crippen LogP contribution in [-0.2, 0) is 6.18 Å². The lowest BCUT2D eigenvalue weighted by Gasteiger charge is -2.20. The second-order valence-electron chi connectivity index (χ2n) is 3.59. The Kier molecular flexibility index (Phi) is 5.30. The molecule has 6 heteroatoms. The Bertz CT molecular complexity index is 355. The molecule has 1 aromatic rings. The van der Waals surface area contributed by atoms with Gasteiger partial charge in [-0.3, -0.25) is 11.3 Å². The fourth-order valence-corrected chi connectivity index (χ4v) is 2.09. The highest BCUT2D eigenvalue weighted by Crippen LogP contribution is 2.35. The first kappa shape index (κ1) is 14.3. The number of hydrogen-bond acceptors (Lipinski definition) is 3. The van der Waals surface area contributed by atoms with Crippen LogP contribution in [-0.4, -0.2) is 12.0 Å². The van der Waals surface area contributed by atoms with Crippen molar-refractivity contribution < 1.29 is 13.2 Å². The predicted molar refractivity (Wildman–Crippen MR) is 64.5 cm³/mol. The second kappa shape index (κ2) is 6.28. The van der Waals surface area contributed by atoms with Crippen LogP contribution in [0, 0.1) is 0 Å². The van der Waals surface area contributed by atoms with E-state index in [2.05, 4.69) is 5.43 Å². The van der Waals surface area contributed by atoms with Crippen LogP contribution in [0.4, 0.5) is 13.2 Å². The zero-order valence-electron chi connectivity index (χ0n) is 9.42. The van der Waals surface area contributed by atoms with Gasteiger partial charge in [0.1, 0.15) is 0 Å². The number of alkyl halides is 3. The van der Waals surface area contributed by atoms with Gasteiger partial charge in [0, 0.05) is 6.04 Å². The number of benzene rings is 1. The van der Waals surface area contributed by atoms with E-state index < -0.39 is 17.8 Å². The molecule has 0 heterocycles. The number of halogens is 3. The Morgan fingerprint density at radius 3 is 2.53 bits per heavy atom. The van der Waals surface area contributed by atoms with Crippen molar-refractivity contribution in [1.29, 1.82) is 0 Å². The molecule has 1 atom stereocenters. The largest absolute Gasteiger partial charge is 0.416 e. The van der Waals surface area contributed by atoms with Gasteiger partial charge in [-0.2, -0.15) is 24.9 Å². The average Bonchev–Trinajstić information content (AvgIpc) is 2.29. The van der Waals surface area contributed by atoms with Crippen molar-refractivity contribution in [3.8, 4) is 0 Å². The fraction of sp³-hybridized carbons (Fsp3) is 0.455. The number of rotatable bonds is 5. The highest BCUT2D eigenvalue weighted by Gasteiger charge is 2.34. The third-order valence-electron chi connectivity index (χ3n) is 2.45. The number of hydrogen-bond donors (Lipinski definition) is 2. The van der Waals surface area contributed by atoms with Crippen LogP contribution < -0.4 is 11.3 Å². The molecule has 0 radical (unpaired) electrons. The maximum atomic E-state index is 12.8. The van der Waals surface area contributed by atoms with Gasteiger partial charge in [-0.1, -0.05) is 18.2 Å². The number of nitrogens with one attached hydrogen (secondary N) is 1. The minimum absolute atomic E-state index is 0.205. The molecule has 17 heavy (non-hydrogen) atoms. The number of nitrogens with two attached hydrogens (primary N) is 1. The molecule has 0 amide bonds. The van der Waals surface area contributed by atoms with Crippen LogP contribution in [0.25, 0.3) is 0 Å². The molecule has 0 saturated heterocycles. The fourth-order valence-electron chi connectivity index (χ4n) is 1.62. The normalized spacial score (nSPS) is 13.7. The van der Waals surface area contributed by atoms with E-state index in [9.17, 15) is 13.2 Å². The number of thioether (sulfide) groups is 1. The first-order valence-electron chi connectivity index (χ1n) is 5.12. The Labute approximate surface area is 103 Å². The van der Waals surface area contributed by atoms with Crippen LogP contribution in [0.15, 0.2) is 24.3 Å². The van der Waals surface area contributed by atoms with Crippen molar-refractivity contribution in [2.75, 3.05) is 12.0 Å². The predicted octanol–water partition coefficient (Wildman–Crippen LogP) is 2.96. The second-order valence-corrected chi connectivity index (χ2v) is 4.57. The SMILES string of the molecule is CSCCC(NN)c1ccccc1C(F)(F)F. The summed E-state index contributed by atoms with van der Waals surface area (Å²) in [5, 5.41) is 0. The first-order chi connectivity index (χ1) is 8.00. The molecular formula is C11H15F3N2S. The molecule has 96 valence electrons. The zero-order valence-corrected chi connectivity index (χ0v) is 10.2. The molecule has 3 N–H and O–H groups in total. The highest BCUT2D eigenvalue weighted by atomic mass is 32.2. The average molecular weight is 264 g/mol. The molecule has 0 spiro atoms. The van der Waals surface area contributed by atoms with E-state index in [1.165, 1.54) is 12.1 Å². The summed E-state index contributed by atoms with van der Waals surface area (Å²) in [7, 11) is 0. The van der Waals surface area contributed by atoms with Gasteiger partial charge in [-0.15, -0.1) is 0 Å². The van der Waals surface area contributed by atoms with E-state index in [0.717, 1.165) is 11.8 Å². The summed E-state index contributed by atoms with van der Waals surface area (Å²) in [6.45, 7) is 0. The smallest absolute Gasteiger partial charge is 0.271 e. The minimum atomic E-state index is -4.34. The van der Waals surface area contributed by atoms with Crippen molar-refractivity contribution >= 4 is 11.8 Å². The summed E-state index contributed by atoms with van der Waals surface area (Å²) in [5.74, 6) is 6.08. The van der Waals surface area contributed by atoms with Crippen LogP contribution >= 0.6 is 11.8 Å². The van der Waals surface area contributed by atoms with E-state index in [0.29, 0.717) is 6.42 Å². The lowest BCUT2D eigenvalue weighted by atomic mass is 9.98. The molecule has 0 aliphatic carbocycles. The molecule has 0 aliphatic rings. The molecule has 0 saturated carbocycles. The molecular weight excluding hydrogens is 249 g/mol. The van der Waals surface area contributed by atoms with Gasteiger partial charge in [-0.05, 0) is 30.1 Å². The molecule has 0 fully saturated rings. The maximum absolute atomic E-state index is 12.8.